The summed E-state index contributed by atoms with van der Waals surface area (Å²) in [6.07, 6.45) is -1.15. The Labute approximate surface area is 132 Å². The molecular weight excluding hydrogens is 309 g/mol. The van der Waals surface area contributed by atoms with Crippen LogP contribution >= 0.6 is 0 Å². The molecule has 2 fully saturated rings. The summed E-state index contributed by atoms with van der Waals surface area (Å²) in [7, 11) is 1.65. The van der Waals surface area contributed by atoms with Gasteiger partial charge in [0.1, 0.15) is 0 Å². The molecule has 2 aliphatic rings. The van der Waals surface area contributed by atoms with Gasteiger partial charge in [0.15, 0.2) is 0 Å². The maximum Gasteiger partial charge on any atom is 0.418 e. The molecule has 2 bridgehead atoms. The van der Waals surface area contributed by atoms with Crippen molar-refractivity contribution in [2.75, 3.05) is 12.4 Å². The summed E-state index contributed by atoms with van der Waals surface area (Å²) in [5.74, 6) is 0. The molecule has 2 aliphatic heterocycles. The average molecular weight is 328 g/mol. The van der Waals surface area contributed by atoms with Gasteiger partial charge in [-0.05, 0) is 37.8 Å². The number of rotatable bonds is 2. The molecule has 0 saturated carbocycles. The smallest absolute Gasteiger partial charge is 0.381 e. The number of amides is 2. The van der Waals surface area contributed by atoms with Crippen LogP contribution in [0, 0.1) is 0 Å². The topological polar surface area (TPSA) is 41.6 Å². The van der Waals surface area contributed by atoms with Gasteiger partial charge >= 0.3 is 12.2 Å². The molecule has 126 valence electrons. The van der Waals surface area contributed by atoms with Gasteiger partial charge in [-0.25, -0.2) is 4.79 Å². The van der Waals surface area contributed by atoms with Crippen LogP contribution in [0.1, 0.15) is 31.2 Å². The van der Waals surface area contributed by atoms with Crippen LogP contribution in [0.3, 0.4) is 0 Å². The lowest BCUT2D eigenvalue weighted by Gasteiger charge is -2.38. The monoisotopic (exact) mass is 328 g/mol. The number of carbonyl (C=O) groups is 1. The first kappa shape index (κ1) is 16.1. The number of para-hydroxylation sites is 1. The lowest BCUT2D eigenvalue weighted by molar-refractivity contribution is -0.136. The van der Waals surface area contributed by atoms with Gasteiger partial charge in [-0.2, -0.15) is 13.2 Å². The zero-order valence-electron chi connectivity index (χ0n) is 12.8. The van der Waals surface area contributed by atoms with E-state index < -0.39 is 17.8 Å². The summed E-state index contributed by atoms with van der Waals surface area (Å²) in [5.41, 5.74) is -1.02. The molecule has 2 amide bonds. The third-order valence-corrected chi connectivity index (χ3v) is 4.73. The number of halogens is 3. The molecule has 0 spiro atoms. The number of alkyl halides is 3. The predicted molar refractivity (Wildman–Crippen MR) is 79.1 cm³/mol. The van der Waals surface area contributed by atoms with Crippen molar-refractivity contribution >= 4 is 11.7 Å². The Kier molecular flexibility index (Phi) is 4.23. The van der Waals surface area contributed by atoms with Crippen molar-refractivity contribution in [1.29, 1.82) is 0 Å². The predicted octanol–water partition coefficient (Wildman–Crippen LogP) is 3.88. The number of hydrogen-bond donors (Lipinski definition) is 1. The van der Waals surface area contributed by atoms with Gasteiger partial charge in [0.2, 0.25) is 0 Å². The van der Waals surface area contributed by atoms with Gasteiger partial charge in [-0.3, -0.25) is 0 Å². The molecule has 0 aromatic heterocycles. The third-order valence-electron chi connectivity index (χ3n) is 4.73. The van der Waals surface area contributed by atoms with E-state index in [4.69, 9.17) is 4.74 Å². The first-order valence-corrected chi connectivity index (χ1v) is 7.68. The van der Waals surface area contributed by atoms with Crippen LogP contribution in [0.2, 0.25) is 0 Å². The number of nitrogens with one attached hydrogen (secondary N) is 1. The summed E-state index contributed by atoms with van der Waals surface area (Å²) in [6.45, 7) is 0. The molecule has 3 rings (SSSR count). The summed E-state index contributed by atoms with van der Waals surface area (Å²) >= 11 is 0. The van der Waals surface area contributed by atoms with Crippen LogP contribution < -0.4 is 5.32 Å². The Morgan fingerprint density at radius 2 is 1.83 bits per heavy atom. The highest BCUT2D eigenvalue weighted by molar-refractivity contribution is 5.91. The van der Waals surface area contributed by atoms with Crippen molar-refractivity contribution < 1.29 is 22.7 Å². The SMILES string of the molecule is COC1CC2CCC(C1)N2C(=O)Nc1ccccc1C(F)(F)F. The fraction of sp³-hybridized carbons (Fsp3) is 0.562. The summed E-state index contributed by atoms with van der Waals surface area (Å²) in [6, 6.07) is 4.67. The van der Waals surface area contributed by atoms with Crippen LogP contribution in [-0.4, -0.2) is 36.2 Å². The molecule has 0 radical (unpaired) electrons. The van der Waals surface area contributed by atoms with Crippen LogP contribution in [-0.2, 0) is 10.9 Å². The van der Waals surface area contributed by atoms with Gasteiger partial charge in [-0.15, -0.1) is 0 Å². The number of benzene rings is 1. The minimum atomic E-state index is -4.49. The number of anilines is 1. The highest BCUT2D eigenvalue weighted by Crippen LogP contribution is 2.38. The van der Waals surface area contributed by atoms with Crippen LogP contribution in [0.4, 0.5) is 23.7 Å². The standard InChI is InChI=1S/C16H19F3N2O2/c1-23-12-8-10-6-7-11(9-12)21(10)15(22)20-14-5-3-2-4-13(14)16(17,18)19/h2-5,10-12H,6-9H2,1H3,(H,20,22). The van der Waals surface area contributed by atoms with Gasteiger partial charge in [-0.1, -0.05) is 12.1 Å². The second-order valence-corrected chi connectivity index (χ2v) is 6.09. The van der Waals surface area contributed by atoms with E-state index in [-0.39, 0.29) is 23.9 Å². The third kappa shape index (κ3) is 3.15. The molecule has 7 heteroatoms. The highest BCUT2D eigenvalue weighted by atomic mass is 19.4. The van der Waals surface area contributed by atoms with Gasteiger partial charge in [0.05, 0.1) is 17.4 Å². The van der Waals surface area contributed by atoms with Crippen molar-refractivity contribution in [2.24, 2.45) is 0 Å². The summed E-state index contributed by atoms with van der Waals surface area (Å²) in [4.78, 5) is 14.2. The number of ether oxygens (including phenoxy) is 1. The molecule has 1 aromatic carbocycles. The number of hydrogen-bond acceptors (Lipinski definition) is 2. The first-order chi connectivity index (χ1) is 10.9. The second-order valence-electron chi connectivity index (χ2n) is 6.09. The molecule has 1 N–H and O–H groups in total. The normalized spacial score (nSPS) is 27.1. The van der Waals surface area contributed by atoms with Crippen molar-refractivity contribution in [2.45, 2.75) is 50.0 Å². The van der Waals surface area contributed by atoms with Crippen molar-refractivity contribution in [3.63, 3.8) is 0 Å². The summed E-state index contributed by atoms with van der Waals surface area (Å²) < 4.78 is 44.4. The Hall–Kier alpha value is -1.76. The maximum absolute atomic E-state index is 13.0. The van der Waals surface area contributed by atoms with Crippen LogP contribution in [0.5, 0.6) is 0 Å². The molecule has 2 heterocycles. The summed E-state index contributed by atoms with van der Waals surface area (Å²) in [5, 5.41) is 2.45. The number of piperidine rings is 1. The number of methoxy groups -OCH3 is 1. The number of fused-ring (bicyclic) bond motifs is 2. The fourth-order valence-corrected chi connectivity index (χ4v) is 3.67. The van der Waals surface area contributed by atoms with E-state index in [2.05, 4.69) is 5.32 Å². The molecule has 2 atom stereocenters. The van der Waals surface area contributed by atoms with E-state index in [1.54, 1.807) is 12.0 Å². The van der Waals surface area contributed by atoms with Gasteiger partial charge in [0.25, 0.3) is 0 Å². The highest BCUT2D eigenvalue weighted by Gasteiger charge is 2.44. The van der Waals surface area contributed by atoms with Gasteiger partial charge in [0, 0.05) is 19.2 Å². The van der Waals surface area contributed by atoms with Crippen LogP contribution in [0.15, 0.2) is 24.3 Å². The number of nitrogens with zero attached hydrogens (tertiary/aromatic N) is 1. The van der Waals surface area contributed by atoms with Crippen LogP contribution in [0.25, 0.3) is 0 Å². The van der Waals surface area contributed by atoms with E-state index in [1.807, 2.05) is 0 Å². The Balaban J connectivity index is 1.76. The lowest BCUT2D eigenvalue weighted by atomic mass is 10.00. The Bertz CT molecular complexity index is 577. The zero-order chi connectivity index (χ0) is 16.6. The molecule has 4 nitrogen and oxygen atoms in total. The molecule has 2 saturated heterocycles. The Morgan fingerprint density at radius 1 is 1.22 bits per heavy atom. The number of carbonyl (C=O) groups excluding carboxylic acids is 1. The first-order valence-electron chi connectivity index (χ1n) is 7.68. The molecule has 0 aliphatic carbocycles. The second kappa shape index (κ2) is 6.03. The van der Waals surface area contributed by atoms with Crippen molar-refractivity contribution in [3.8, 4) is 0 Å². The molecule has 23 heavy (non-hydrogen) atoms. The lowest BCUT2D eigenvalue weighted by Crippen LogP contribution is -2.50. The van der Waals surface area contributed by atoms with E-state index in [0.29, 0.717) is 0 Å². The fourth-order valence-electron chi connectivity index (χ4n) is 3.67. The molecular formula is C16H19F3N2O2. The zero-order valence-corrected chi connectivity index (χ0v) is 12.8. The van der Waals surface area contributed by atoms with Crippen molar-refractivity contribution in [3.05, 3.63) is 29.8 Å². The Morgan fingerprint density at radius 3 is 2.39 bits per heavy atom. The van der Waals surface area contributed by atoms with Gasteiger partial charge < -0.3 is 15.0 Å². The van der Waals surface area contributed by atoms with Crippen molar-refractivity contribution in [1.82, 2.24) is 4.90 Å². The molecule has 1 aromatic rings. The molecule has 2 unspecified atom stereocenters. The van der Waals surface area contributed by atoms with E-state index >= 15 is 0 Å². The quantitative estimate of drug-likeness (QED) is 0.895. The van der Waals surface area contributed by atoms with E-state index in [1.165, 1.54) is 18.2 Å². The maximum atomic E-state index is 13.0. The minimum absolute atomic E-state index is 0.0387. The minimum Gasteiger partial charge on any atom is -0.381 e. The number of urea groups is 1. The van der Waals surface area contributed by atoms with E-state index in [0.717, 1.165) is 31.7 Å². The largest absolute Gasteiger partial charge is 0.418 e. The van der Waals surface area contributed by atoms with E-state index in [9.17, 15) is 18.0 Å². The average Bonchev–Trinajstić information content (AvgIpc) is 2.77.